The van der Waals surface area contributed by atoms with Crippen LogP contribution in [0, 0.1) is 3.57 Å². The quantitative estimate of drug-likeness (QED) is 0.0641. The van der Waals surface area contributed by atoms with Crippen LogP contribution in [0.3, 0.4) is 0 Å². The van der Waals surface area contributed by atoms with Crippen LogP contribution >= 0.6 is 38.5 Å². The minimum atomic E-state index is -0.772. The fourth-order valence-corrected chi connectivity index (χ4v) is 6.89. The van der Waals surface area contributed by atoms with E-state index in [0.29, 0.717) is 29.4 Å². The molecule has 0 aliphatic carbocycles. The van der Waals surface area contributed by atoms with E-state index in [0.717, 1.165) is 29.9 Å². The molecule has 1 aliphatic rings. The van der Waals surface area contributed by atoms with Gasteiger partial charge in [0.15, 0.2) is 18.1 Å². The second-order valence-electron chi connectivity index (χ2n) is 10.5. The summed E-state index contributed by atoms with van der Waals surface area (Å²) in [6.45, 7) is 3.59. The smallest absolute Gasteiger partial charge is 0.338 e. The molecule has 1 heterocycles. The highest BCUT2D eigenvalue weighted by atomic mass is 127. The van der Waals surface area contributed by atoms with Gasteiger partial charge in [0, 0.05) is 5.70 Å². The zero-order valence-electron chi connectivity index (χ0n) is 26.3. The predicted octanol–water partition coefficient (Wildman–Crippen LogP) is 6.51. The van der Waals surface area contributed by atoms with Crippen LogP contribution < -0.4 is 30.3 Å². The summed E-state index contributed by atoms with van der Waals surface area (Å²) in [5.74, 6) is 0.266. The Morgan fingerprint density at radius 1 is 1.04 bits per heavy atom. The Labute approximate surface area is 299 Å². The summed E-state index contributed by atoms with van der Waals surface area (Å²) in [4.78, 5) is 37.4. The van der Waals surface area contributed by atoms with E-state index in [1.54, 1.807) is 32.0 Å². The third-order valence-corrected chi connectivity index (χ3v) is 8.71. The van der Waals surface area contributed by atoms with Gasteiger partial charge in [0.2, 0.25) is 0 Å². The number of carbonyl (C=O) groups excluding carboxylic acids is 3. The zero-order valence-corrected chi connectivity index (χ0v) is 30.0. The summed E-state index contributed by atoms with van der Waals surface area (Å²) in [6, 6.07) is 21.8. The molecule has 0 bridgehead atoms. The number of allylic oxidation sites excluding steroid dienone is 1. The number of urea groups is 1. The number of methoxy groups -OCH3 is 1. The number of esters is 1. The van der Waals surface area contributed by atoms with Gasteiger partial charge in [-0.1, -0.05) is 48.5 Å². The lowest BCUT2D eigenvalue weighted by atomic mass is 9.95. The lowest BCUT2D eigenvalue weighted by Crippen LogP contribution is -2.45. The summed E-state index contributed by atoms with van der Waals surface area (Å²) in [5, 5.41) is 11.7. The number of ether oxygens (including phenoxy) is 4. The van der Waals surface area contributed by atoms with Crippen molar-refractivity contribution >= 4 is 73.4 Å². The maximum Gasteiger partial charge on any atom is 0.338 e. The molecule has 248 valence electrons. The first kappa shape index (κ1) is 34.7. The lowest BCUT2D eigenvalue weighted by molar-refractivity contribution is -0.139. The van der Waals surface area contributed by atoms with Crippen LogP contribution in [-0.2, 0) is 20.9 Å². The van der Waals surface area contributed by atoms with Crippen LogP contribution in [0.25, 0.3) is 10.8 Å². The van der Waals surface area contributed by atoms with E-state index in [4.69, 9.17) is 18.9 Å². The van der Waals surface area contributed by atoms with Crippen molar-refractivity contribution in [2.24, 2.45) is 5.10 Å². The molecule has 0 unspecified atom stereocenters. The van der Waals surface area contributed by atoms with Gasteiger partial charge in [-0.15, -0.1) is 0 Å². The average Bonchev–Trinajstić information content (AvgIpc) is 3.06. The van der Waals surface area contributed by atoms with E-state index in [1.807, 2.05) is 30.3 Å². The van der Waals surface area contributed by atoms with E-state index < -0.39 is 23.9 Å². The van der Waals surface area contributed by atoms with Gasteiger partial charge >= 0.3 is 12.0 Å². The third-order valence-electron chi connectivity index (χ3n) is 7.32. The van der Waals surface area contributed by atoms with E-state index in [2.05, 4.69) is 83.9 Å². The first-order valence-electron chi connectivity index (χ1n) is 14.8. The van der Waals surface area contributed by atoms with Gasteiger partial charge < -0.3 is 29.6 Å². The van der Waals surface area contributed by atoms with Gasteiger partial charge in [0.25, 0.3) is 5.91 Å². The molecule has 4 aromatic rings. The van der Waals surface area contributed by atoms with Crippen molar-refractivity contribution < 1.29 is 33.3 Å². The van der Waals surface area contributed by atoms with Crippen molar-refractivity contribution in [3.05, 3.63) is 109 Å². The number of hydrogen-bond acceptors (Lipinski definition) is 8. The molecule has 0 saturated heterocycles. The summed E-state index contributed by atoms with van der Waals surface area (Å²) >= 11 is 5.81. The molecular weight excluding hydrogens is 795 g/mol. The minimum Gasteiger partial charge on any atom is -0.493 e. The molecule has 13 heteroatoms. The summed E-state index contributed by atoms with van der Waals surface area (Å²) < 4.78 is 24.2. The van der Waals surface area contributed by atoms with Gasteiger partial charge in [0.1, 0.15) is 12.4 Å². The second kappa shape index (κ2) is 16.0. The highest BCUT2D eigenvalue weighted by Gasteiger charge is 2.32. The number of rotatable bonds is 12. The second-order valence-corrected chi connectivity index (χ2v) is 12.5. The van der Waals surface area contributed by atoms with Crippen LogP contribution in [0.15, 0.2) is 93.6 Å². The van der Waals surface area contributed by atoms with Crippen molar-refractivity contribution in [1.29, 1.82) is 0 Å². The number of carbonyl (C=O) groups is 3. The number of nitrogens with zero attached hydrogens (tertiary/aromatic N) is 1. The van der Waals surface area contributed by atoms with E-state index in [9.17, 15) is 14.4 Å². The van der Waals surface area contributed by atoms with E-state index in [1.165, 1.54) is 13.3 Å². The predicted molar refractivity (Wildman–Crippen MR) is 193 cm³/mol. The molecule has 3 N–H and O–H groups in total. The maximum absolute atomic E-state index is 12.6. The van der Waals surface area contributed by atoms with Crippen LogP contribution in [0.2, 0.25) is 0 Å². The SMILES string of the molecule is CCOC(=O)C1=C(C)NC(=O)N[C@@H]1c1ccc(OCC(=O)N/N=C\c2cc(Br)c(OCc3cccc4ccccc34)c(I)c2)c(OC)c1. The summed E-state index contributed by atoms with van der Waals surface area (Å²) in [5.41, 5.74) is 5.53. The summed E-state index contributed by atoms with van der Waals surface area (Å²) in [7, 11) is 1.45. The standard InChI is InChI=1S/C35H32BrIN4O7/c1-4-46-34(43)31-20(2)39-35(44)40-32(31)23-12-13-28(29(16-23)45-3)47-19-30(42)41-38-17-21-14-26(36)33(27(37)15-21)48-18-24-10-7-9-22-8-5-6-11-25(22)24/h5-17,32H,4,18-19H2,1-3H3,(H,41,42)(H2,39,40,44)/b38-17-/t32-/m1/s1. The molecule has 0 fully saturated rings. The van der Waals surface area contributed by atoms with Crippen molar-refractivity contribution in [2.45, 2.75) is 26.5 Å². The fraction of sp³-hybridized carbons (Fsp3) is 0.200. The Hall–Kier alpha value is -4.63. The normalized spacial score (nSPS) is 14.4. The van der Waals surface area contributed by atoms with Gasteiger partial charge in [-0.25, -0.2) is 15.0 Å². The van der Waals surface area contributed by atoms with Gasteiger partial charge in [0.05, 0.1) is 39.6 Å². The number of benzene rings is 4. The first-order chi connectivity index (χ1) is 23.2. The molecule has 0 radical (unpaired) electrons. The van der Waals surface area contributed by atoms with Crippen molar-refractivity contribution in [3.8, 4) is 17.2 Å². The molecule has 48 heavy (non-hydrogen) atoms. The number of nitrogens with one attached hydrogen (secondary N) is 3. The zero-order chi connectivity index (χ0) is 34.2. The van der Waals surface area contributed by atoms with Crippen LogP contribution in [0.5, 0.6) is 17.2 Å². The topological polar surface area (TPSA) is 137 Å². The first-order valence-corrected chi connectivity index (χ1v) is 16.7. The molecule has 3 amide bonds. The average molecular weight is 827 g/mol. The number of amides is 3. The van der Waals surface area contributed by atoms with Gasteiger partial charge in [-0.2, -0.15) is 5.10 Å². The Morgan fingerprint density at radius 3 is 2.60 bits per heavy atom. The Balaban J connectivity index is 1.18. The Bertz CT molecular complexity index is 1900. The van der Waals surface area contributed by atoms with Crippen molar-refractivity contribution in [2.75, 3.05) is 20.3 Å². The van der Waals surface area contributed by atoms with Crippen molar-refractivity contribution in [3.63, 3.8) is 0 Å². The number of hydrogen-bond donors (Lipinski definition) is 3. The molecule has 1 atom stereocenters. The van der Waals surface area contributed by atoms with Crippen LogP contribution in [0.1, 0.15) is 36.6 Å². The Kier molecular flexibility index (Phi) is 11.5. The van der Waals surface area contributed by atoms with E-state index >= 15 is 0 Å². The molecule has 0 saturated carbocycles. The fourth-order valence-electron chi connectivity index (χ4n) is 5.12. The molecule has 1 aliphatic heterocycles. The van der Waals surface area contributed by atoms with Gasteiger partial charge in [-0.3, -0.25) is 4.79 Å². The number of fused-ring (bicyclic) bond motifs is 1. The molecule has 5 rings (SSSR count). The third kappa shape index (κ3) is 8.26. The number of hydrazone groups is 1. The minimum absolute atomic E-state index is 0.184. The highest BCUT2D eigenvalue weighted by Crippen LogP contribution is 2.35. The van der Waals surface area contributed by atoms with Crippen LogP contribution in [0.4, 0.5) is 4.79 Å². The van der Waals surface area contributed by atoms with Crippen LogP contribution in [-0.4, -0.2) is 44.4 Å². The largest absolute Gasteiger partial charge is 0.493 e. The highest BCUT2D eigenvalue weighted by molar-refractivity contribution is 14.1. The summed E-state index contributed by atoms with van der Waals surface area (Å²) in [6.07, 6.45) is 1.53. The molecule has 0 spiro atoms. The number of halogens is 2. The maximum atomic E-state index is 12.6. The van der Waals surface area contributed by atoms with Crippen molar-refractivity contribution in [1.82, 2.24) is 16.1 Å². The molecule has 11 nitrogen and oxygen atoms in total. The monoisotopic (exact) mass is 826 g/mol. The van der Waals surface area contributed by atoms with Gasteiger partial charge in [-0.05, 0) is 104 Å². The molecule has 0 aromatic heterocycles. The lowest BCUT2D eigenvalue weighted by Gasteiger charge is -2.28. The Morgan fingerprint density at radius 2 is 1.83 bits per heavy atom. The molecular formula is C35H32BrIN4O7. The molecule has 4 aromatic carbocycles. The van der Waals surface area contributed by atoms with E-state index in [-0.39, 0.29) is 24.5 Å².